The molecule has 7 nitrogen and oxygen atoms in total. The second kappa shape index (κ2) is 8.28. The molecule has 0 bridgehead atoms. The van der Waals surface area contributed by atoms with Crippen molar-refractivity contribution in [1.82, 2.24) is 14.8 Å². The predicted octanol–water partition coefficient (Wildman–Crippen LogP) is 4.63. The first-order valence-electron chi connectivity index (χ1n) is 9.93. The van der Waals surface area contributed by atoms with Gasteiger partial charge in [0.05, 0.1) is 16.9 Å². The van der Waals surface area contributed by atoms with Gasteiger partial charge in [-0.15, -0.1) is 0 Å². The normalized spacial score (nSPS) is 15.0. The SMILES string of the molecule is O=C(Nc1cc(Cl)ccc1-n1cncn1)c1ccc2c(c1)CC(c1ccccc1)OC2=O. The highest BCUT2D eigenvalue weighted by atomic mass is 35.5. The molecule has 5 rings (SSSR count). The summed E-state index contributed by atoms with van der Waals surface area (Å²) in [7, 11) is 0. The lowest BCUT2D eigenvalue weighted by Gasteiger charge is -2.25. The second-order valence-corrected chi connectivity index (χ2v) is 7.77. The Morgan fingerprint density at radius 2 is 1.94 bits per heavy atom. The number of carbonyl (C=O) groups is 2. The lowest BCUT2D eigenvalue weighted by atomic mass is 9.93. The van der Waals surface area contributed by atoms with E-state index in [2.05, 4.69) is 15.4 Å². The fourth-order valence-electron chi connectivity index (χ4n) is 3.73. The van der Waals surface area contributed by atoms with Gasteiger partial charge in [0.25, 0.3) is 5.91 Å². The van der Waals surface area contributed by atoms with Crippen molar-refractivity contribution in [2.24, 2.45) is 0 Å². The monoisotopic (exact) mass is 444 g/mol. The zero-order chi connectivity index (χ0) is 22.1. The van der Waals surface area contributed by atoms with Crippen molar-refractivity contribution >= 4 is 29.2 Å². The average molecular weight is 445 g/mol. The Morgan fingerprint density at radius 3 is 2.72 bits per heavy atom. The number of anilines is 1. The molecule has 1 amide bonds. The van der Waals surface area contributed by atoms with E-state index in [1.807, 2.05) is 30.3 Å². The summed E-state index contributed by atoms with van der Waals surface area (Å²) < 4.78 is 7.14. The van der Waals surface area contributed by atoms with Gasteiger partial charge in [-0.2, -0.15) is 5.10 Å². The van der Waals surface area contributed by atoms with Crippen molar-refractivity contribution in [1.29, 1.82) is 0 Å². The third-order valence-corrected chi connectivity index (χ3v) is 5.52. The van der Waals surface area contributed by atoms with Crippen LogP contribution in [0, 0.1) is 0 Å². The van der Waals surface area contributed by atoms with Crippen LogP contribution >= 0.6 is 11.6 Å². The molecule has 0 fully saturated rings. The fraction of sp³-hybridized carbons (Fsp3) is 0.0833. The number of halogens is 1. The Labute approximate surface area is 188 Å². The summed E-state index contributed by atoms with van der Waals surface area (Å²) in [5.41, 5.74) is 3.70. The lowest BCUT2D eigenvalue weighted by molar-refractivity contribution is 0.0252. The van der Waals surface area contributed by atoms with Gasteiger partial charge in [-0.3, -0.25) is 4.79 Å². The molecule has 4 aromatic rings. The highest BCUT2D eigenvalue weighted by molar-refractivity contribution is 6.31. The third-order valence-electron chi connectivity index (χ3n) is 5.29. The molecular weight excluding hydrogens is 428 g/mol. The van der Waals surface area contributed by atoms with Gasteiger partial charge in [0.2, 0.25) is 0 Å². The van der Waals surface area contributed by atoms with Gasteiger partial charge in [-0.05, 0) is 47.5 Å². The number of ether oxygens (including phenoxy) is 1. The van der Waals surface area contributed by atoms with Crippen molar-refractivity contribution in [3.8, 4) is 5.69 Å². The molecule has 1 N–H and O–H groups in total. The summed E-state index contributed by atoms with van der Waals surface area (Å²) in [5.74, 6) is -0.720. The molecule has 1 aliphatic rings. The first-order chi connectivity index (χ1) is 15.6. The molecule has 1 aromatic heterocycles. The van der Waals surface area contributed by atoms with E-state index in [4.69, 9.17) is 16.3 Å². The number of nitrogens with zero attached hydrogens (tertiary/aromatic N) is 3. The molecule has 0 saturated carbocycles. The summed E-state index contributed by atoms with van der Waals surface area (Å²) in [6.45, 7) is 0. The van der Waals surface area contributed by atoms with Crippen LogP contribution in [0.5, 0.6) is 0 Å². The molecule has 32 heavy (non-hydrogen) atoms. The Bertz CT molecular complexity index is 1310. The minimum Gasteiger partial charge on any atom is -0.454 e. The summed E-state index contributed by atoms with van der Waals surface area (Å²) in [5, 5.41) is 7.48. The number of cyclic esters (lactones) is 1. The smallest absolute Gasteiger partial charge is 0.339 e. The van der Waals surface area contributed by atoms with Crippen molar-refractivity contribution in [2.45, 2.75) is 12.5 Å². The van der Waals surface area contributed by atoms with Crippen molar-refractivity contribution in [2.75, 3.05) is 5.32 Å². The van der Waals surface area contributed by atoms with E-state index in [9.17, 15) is 9.59 Å². The topological polar surface area (TPSA) is 86.1 Å². The minimum absolute atomic E-state index is 0.327. The van der Waals surface area contributed by atoms with E-state index in [-0.39, 0.29) is 12.0 Å². The summed E-state index contributed by atoms with van der Waals surface area (Å²) in [6.07, 6.45) is 3.05. The number of rotatable bonds is 4. The van der Waals surface area contributed by atoms with Gasteiger partial charge in [0.1, 0.15) is 18.8 Å². The number of amides is 1. The van der Waals surface area contributed by atoms with Crippen molar-refractivity contribution in [3.05, 3.63) is 107 Å². The summed E-state index contributed by atoms with van der Waals surface area (Å²) in [4.78, 5) is 29.5. The highest BCUT2D eigenvalue weighted by Crippen LogP contribution is 2.31. The molecule has 8 heteroatoms. The number of nitrogens with one attached hydrogen (secondary N) is 1. The number of aromatic nitrogens is 3. The van der Waals surface area contributed by atoms with E-state index in [1.165, 1.54) is 12.7 Å². The number of hydrogen-bond donors (Lipinski definition) is 1. The minimum atomic E-state index is -0.393. The third kappa shape index (κ3) is 3.86. The molecule has 0 radical (unpaired) electrons. The Kier molecular flexibility index (Phi) is 5.17. The van der Waals surface area contributed by atoms with Crippen LogP contribution in [0.15, 0.2) is 79.4 Å². The summed E-state index contributed by atoms with van der Waals surface area (Å²) >= 11 is 6.14. The van der Waals surface area contributed by atoms with Crippen LogP contribution in [-0.2, 0) is 11.2 Å². The van der Waals surface area contributed by atoms with E-state index in [0.29, 0.717) is 33.9 Å². The highest BCUT2D eigenvalue weighted by Gasteiger charge is 2.28. The van der Waals surface area contributed by atoms with Crippen LogP contribution in [0.1, 0.15) is 37.9 Å². The van der Waals surface area contributed by atoms with Gasteiger partial charge in [-0.1, -0.05) is 41.9 Å². The Morgan fingerprint density at radius 1 is 1.09 bits per heavy atom. The zero-order valence-electron chi connectivity index (χ0n) is 16.7. The van der Waals surface area contributed by atoms with E-state index in [1.54, 1.807) is 41.1 Å². The van der Waals surface area contributed by atoms with Crippen LogP contribution in [0.25, 0.3) is 5.69 Å². The molecule has 2 heterocycles. The maximum atomic E-state index is 13.1. The van der Waals surface area contributed by atoms with Gasteiger partial charge >= 0.3 is 5.97 Å². The molecule has 158 valence electrons. The van der Waals surface area contributed by atoms with Crippen molar-refractivity contribution < 1.29 is 14.3 Å². The lowest BCUT2D eigenvalue weighted by Crippen LogP contribution is -2.23. The van der Waals surface area contributed by atoms with Crippen LogP contribution < -0.4 is 5.32 Å². The van der Waals surface area contributed by atoms with Gasteiger partial charge in [0.15, 0.2) is 0 Å². The fourth-order valence-corrected chi connectivity index (χ4v) is 3.90. The number of hydrogen-bond acceptors (Lipinski definition) is 5. The van der Waals surface area contributed by atoms with Crippen LogP contribution in [0.3, 0.4) is 0 Å². The van der Waals surface area contributed by atoms with E-state index >= 15 is 0 Å². The average Bonchev–Trinajstić information content (AvgIpc) is 3.34. The molecule has 1 atom stereocenters. The molecule has 0 aliphatic carbocycles. The van der Waals surface area contributed by atoms with Crippen LogP contribution in [0.2, 0.25) is 5.02 Å². The first kappa shape index (κ1) is 20.0. The molecule has 0 saturated heterocycles. The van der Waals surface area contributed by atoms with Gasteiger partial charge in [0, 0.05) is 17.0 Å². The maximum absolute atomic E-state index is 13.1. The van der Waals surface area contributed by atoms with Gasteiger partial charge < -0.3 is 10.1 Å². The zero-order valence-corrected chi connectivity index (χ0v) is 17.5. The Balaban J connectivity index is 1.43. The standard InChI is InChI=1S/C24H17ClN4O3/c25-18-7-9-21(29-14-26-13-27-29)20(12-18)28-23(30)16-6-8-19-17(10-16)11-22(32-24(19)31)15-4-2-1-3-5-15/h1-10,12-14,22H,11H2,(H,28,30). The van der Waals surface area contributed by atoms with Crippen LogP contribution in [0.4, 0.5) is 5.69 Å². The number of esters is 1. The van der Waals surface area contributed by atoms with E-state index < -0.39 is 5.97 Å². The van der Waals surface area contributed by atoms with Crippen molar-refractivity contribution in [3.63, 3.8) is 0 Å². The number of fused-ring (bicyclic) bond motifs is 1. The number of benzene rings is 3. The second-order valence-electron chi connectivity index (χ2n) is 7.34. The molecule has 1 aliphatic heterocycles. The largest absolute Gasteiger partial charge is 0.454 e. The molecule has 3 aromatic carbocycles. The first-order valence-corrected chi connectivity index (χ1v) is 10.3. The van der Waals surface area contributed by atoms with Crippen LogP contribution in [-0.4, -0.2) is 26.6 Å². The van der Waals surface area contributed by atoms with E-state index in [0.717, 1.165) is 11.1 Å². The maximum Gasteiger partial charge on any atom is 0.339 e. The molecular formula is C24H17ClN4O3. The van der Waals surface area contributed by atoms with Gasteiger partial charge in [-0.25, -0.2) is 14.5 Å². The quantitative estimate of drug-likeness (QED) is 0.464. The predicted molar refractivity (Wildman–Crippen MR) is 119 cm³/mol. The number of carbonyl (C=O) groups excluding carboxylic acids is 2. The molecule has 0 spiro atoms. The Hall–Kier alpha value is -3.97. The molecule has 1 unspecified atom stereocenters. The summed E-state index contributed by atoms with van der Waals surface area (Å²) in [6, 6.07) is 19.6.